The third-order valence-corrected chi connectivity index (χ3v) is 4.69. The van der Waals surface area contributed by atoms with Crippen LogP contribution in [0.2, 0.25) is 0 Å². The molecule has 0 bridgehead atoms. The molecule has 0 spiro atoms. The third-order valence-electron chi connectivity index (χ3n) is 4.69. The molecule has 0 saturated heterocycles. The van der Waals surface area contributed by atoms with E-state index in [1.54, 1.807) is 0 Å². The maximum atomic E-state index is 4.51. The highest BCUT2D eigenvalue weighted by molar-refractivity contribution is 5.70. The SMILES string of the molecule is CC(C)=CCCc1ccc(-c2ccc(-c3ccc(NC(C)C)nc3)cc2)cc1. The van der Waals surface area contributed by atoms with Crippen molar-refractivity contribution in [2.75, 3.05) is 5.32 Å². The molecule has 1 aromatic heterocycles. The first-order chi connectivity index (χ1) is 13.5. The Labute approximate surface area is 169 Å². The van der Waals surface area contributed by atoms with E-state index >= 15 is 0 Å². The minimum atomic E-state index is 0.385. The van der Waals surface area contributed by atoms with E-state index < -0.39 is 0 Å². The minimum Gasteiger partial charge on any atom is -0.368 e. The molecule has 0 aliphatic rings. The van der Waals surface area contributed by atoms with Crippen LogP contribution >= 0.6 is 0 Å². The molecule has 144 valence electrons. The van der Waals surface area contributed by atoms with E-state index in [4.69, 9.17) is 0 Å². The molecule has 0 radical (unpaired) electrons. The van der Waals surface area contributed by atoms with Crippen LogP contribution in [0.5, 0.6) is 0 Å². The number of benzene rings is 2. The summed E-state index contributed by atoms with van der Waals surface area (Å²) >= 11 is 0. The van der Waals surface area contributed by atoms with Crippen LogP contribution in [-0.4, -0.2) is 11.0 Å². The van der Waals surface area contributed by atoms with Crippen LogP contribution < -0.4 is 5.32 Å². The Balaban J connectivity index is 1.67. The first-order valence-corrected chi connectivity index (χ1v) is 10.1. The Morgan fingerprint density at radius 3 is 1.86 bits per heavy atom. The molecule has 2 nitrogen and oxygen atoms in total. The number of allylic oxidation sites excluding steroid dienone is 2. The van der Waals surface area contributed by atoms with Crippen molar-refractivity contribution in [2.45, 2.75) is 46.6 Å². The Morgan fingerprint density at radius 1 is 0.821 bits per heavy atom. The van der Waals surface area contributed by atoms with Crippen LogP contribution in [-0.2, 0) is 6.42 Å². The number of hydrogen-bond donors (Lipinski definition) is 1. The molecular weight excluding hydrogens is 340 g/mol. The number of anilines is 1. The fourth-order valence-corrected chi connectivity index (χ4v) is 3.19. The Morgan fingerprint density at radius 2 is 1.36 bits per heavy atom. The van der Waals surface area contributed by atoms with E-state index in [2.05, 4.69) is 98.7 Å². The van der Waals surface area contributed by atoms with Gasteiger partial charge in [-0.05, 0) is 74.9 Å². The second-order valence-corrected chi connectivity index (χ2v) is 7.83. The van der Waals surface area contributed by atoms with E-state index in [0.29, 0.717) is 6.04 Å². The van der Waals surface area contributed by atoms with Gasteiger partial charge in [0.25, 0.3) is 0 Å². The van der Waals surface area contributed by atoms with E-state index in [1.165, 1.54) is 27.8 Å². The molecule has 3 rings (SSSR count). The van der Waals surface area contributed by atoms with Gasteiger partial charge in [0.2, 0.25) is 0 Å². The molecule has 2 heteroatoms. The van der Waals surface area contributed by atoms with Gasteiger partial charge in [0.15, 0.2) is 0 Å². The highest BCUT2D eigenvalue weighted by Gasteiger charge is 2.03. The summed E-state index contributed by atoms with van der Waals surface area (Å²) < 4.78 is 0. The van der Waals surface area contributed by atoms with Crippen molar-refractivity contribution in [2.24, 2.45) is 0 Å². The summed E-state index contributed by atoms with van der Waals surface area (Å²) in [6.07, 6.45) is 6.43. The van der Waals surface area contributed by atoms with Crippen molar-refractivity contribution in [3.05, 3.63) is 84.1 Å². The predicted molar refractivity (Wildman–Crippen MR) is 122 cm³/mol. The van der Waals surface area contributed by atoms with Crippen molar-refractivity contribution in [3.8, 4) is 22.3 Å². The number of hydrogen-bond acceptors (Lipinski definition) is 2. The van der Waals surface area contributed by atoms with Crippen LogP contribution in [0, 0.1) is 0 Å². The van der Waals surface area contributed by atoms with E-state index in [9.17, 15) is 0 Å². The lowest BCUT2D eigenvalue weighted by molar-refractivity contribution is 0.889. The highest BCUT2D eigenvalue weighted by atomic mass is 15.0. The van der Waals surface area contributed by atoms with Gasteiger partial charge in [-0.1, -0.05) is 60.2 Å². The fraction of sp³-hybridized carbons (Fsp3) is 0.269. The average Bonchev–Trinajstić information content (AvgIpc) is 2.69. The van der Waals surface area contributed by atoms with Crippen LogP contribution in [0.3, 0.4) is 0 Å². The first kappa shape index (κ1) is 19.9. The zero-order valence-electron chi connectivity index (χ0n) is 17.4. The van der Waals surface area contributed by atoms with Gasteiger partial charge in [-0.25, -0.2) is 4.98 Å². The van der Waals surface area contributed by atoms with Crippen molar-refractivity contribution >= 4 is 5.82 Å². The largest absolute Gasteiger partial charge is 0.368 e. The van der Waals surface area contributed by atoms with E-state index in [-0.39, 0.29) is 0 Å². The van der Waals surface area contributed by atoms with Gasteiger partial charge in [0.05, 0.1) is 0 Å². The number of aryl methyl sites for hydroxylation is 1. The van der Waals surface area contributed by atoms with Crippen LogP contribution in [0.15, 0.2) is 78.5 Å². The number of pyridine rings is 1. The summed E-state index contributed by atoms with van der Waals surface area (Å²) in [6, 6.07) is 22.2. The standard InChI is InChI=1S/C26H30N2/c1-19(2)6-5-7-21-8-10-22(11-9-21)23-12-14-24(15-13-23)25-16-17-26(27-18-25)28-20(3)4/h6,8-18,20H,5,7H2,1-4H3,(H,27,28). The molecule has 0 aliphatic heterocycles. The lowest BCUT2D eigenvalue weighted by Gasteiger charge is -2.10. The number of nitrogens with one attached hydrogen (secondary N) is 1. The van der Waals surface area contributed by atoms with Gasteiger partial charge in [0, 0.05) is 17.8 Å². The summed E-state index contributed by atoms with van der Waals surface area (Å²) in [4.78, 5) is 4.51. The van der Waals surface area contributed by atoms with Gasteiger partial charge >= 0.3 is 0 Å². The van der Waals surface area contributed by atoms with E-state index in [1.807, 2.05) is 12.3 Å². The van der Waals surface area contributed by atoms with Crippen molar-refractivity contribution in [1.29, 1.82) is 0 Å². The Hall–Kier alpha value is -2.87. The van der Waals surface area contributed by atoms with Gasteiger partial charge in [-0.15, -0.1) is 0 Å². The second-order valence-electron chi connectivity index (χ2n) is 7.83. The summed E-state index contributed by atoms with van der Waals surface area (Å²) in [7, 11) is 0. The zero-order chi connectivity index (χ0) is 19.9. The molecule has 3 aromatic rings. The van der Waals surface area contributed by atoms with Crippen molar-refractivity contribution in [1.82, 2.24) is 4.98 Å². The second kappa shape index (κ2) is 9.36. The predicted octanol–water partition coefficient (Wildman–Crippen LogP) is 7.13. The molecule has 0 unspecified atom stereocenters. The molecule has 28 heavy (non-hydrogen) atoms. The molecular formula is C26H30N2. The zero-order valence-corrected chi connectivity index (χ0v) is 17.4. The molecule has 0 aliphatic carbocycles. The molecule has 0 amide bonds. The lowest BCUT2D eigenvalue weighted by Crippen LogP contribution is -2.10. The average molecular weight is 371 g/mol. The number of aromatic nitrogens is 1. The van der Waals surface area contributed by atoms with Gasteiger partial charge < -0.3 is 5.32 Å². The Kier molecular flexibility index (Phi) is 6.65. The maximum Gasteiger partial charge on any atom is 0.126 e. The molecule has 0 fully saturated rings. The summed E-state index contributed by atoms with van der Waals surface area (Å²) in [6.45, 7) is 8.54. The highest BCUT2D eigenvalue weighted by Crippen LogP contribution is 2.25. The quantitative estimate of drug-likeness (QED) is 0.447. The monoisotopic (exact) mass is 370 g/mol. The smallest absolute Gasteiger partial charge is 0.126 e. The lowest BCUT2D eigenvalue weighted by atomic mass is 9.99. The van der Waals surface area contributed by atoms with Gasteiger partial charge in [0.1, 0.15) is 5.82 Å². The number of rotatable bonds is 7. The molecule has 2 aromatic carbocycles. The summed E-state index contributed by atoms with van der Waals surface area (Å²) in [5.74, 6) is 0.917. The van der Waals surface area contributed by atoms with Gasteiger partial charge in [-0.3, -0.25) is 0 Å². The first-order valence-electron chi connectivity index (χ1n) is 10.1. The van der Waals surface area contributed by atoms with Crippen LogP contribution in [0.4, 0.5) is 5.82 Å². The summed E-state index contributed by atoms with van der Waals surface area (Å²) in [5.41, 5.74) is 7.59. The normalized spacial score (nSPS) is 10.8. The van der Waals surface area contributed by atoms with Gasteiger partial charge in [-0.2, -0.15) is 0 Å². The number of nitrogens with zero attached hydrogens (tertiary/aromatic N) is 1. The topological polar surface area (TPSA) is 24.9 Å². The van der Waals surface area contributed by atoms with Crippen molar-refractivity contribution in [3.63, 3.8) is 0 Å². The third kappa shape index (κ3) is 5.56. The summed E-state index contributed by atoms with van der Waals surface area (Å²) in [5, 5.41) is 3.32. The molecule has 1 heterocycles. The maximum absolute atomic E-state index is 4.51. The molecule has 0 saturated carbocycles. The van der Waals surface area contributed by atoms with E-state index in [0.717, 1.165) is 24.2 Å². The molecule has 1 N–H and O–H groups in total. The van der Waals surface area contributed by atoms with Crippen LogP contribution in [0.1, 0.15) is 39.7 Å². The minimum absolute atomic E-state index is 0.385. The van der Waals surface area contributed by atoms with Crippen molar-refractivity contribution < 1.29 is 0 Å². The Bertz CT molecular complexity index is 898. The fourth-order valence-electron chi connectivity index (χ4n) is 3.19. The van der Waals surface area contributed by atoms with Crippen LogP contribution in [0.25, 0.3) is 22.3 Å². The molecule has 0 atom stereocenters.